The quantitative estimate of drug-likeness (QED) is 0.478. The summed E-state index contributed by atoms with van der Waals surface area (Å²) in [5.41, 5.74) is 6.04. The fraction of sp³-hybridized carbons (Fsp3) is 0.714. The first kappa shape index (κ1) is 32.9. The highest BCUT2D eigenvalue weighted by Gasteiger charge is 2.50. The number of methoxy groups -OCH3 is 1. The Kier molecular flexibility index (Phi) is 21.8. The van der Waals surface area contributed by atoms with Gasteiger partial charge in [0, 0.05) is 17.7 Å². The van der Waals surface area contributed by atoms with Crippen LogP contribution in [0.4, 0.5) is 0 Å². The highest BCUT2D eigenvalue weighted by Crippen LogP contribution is 2.53. The highest BCUT2D eigenvalue weighted by atomic mass is 35.5. The Morgan fingerprint density at radius 2 is 1.66 bits per heavy atom. The Morgan fingerprint density at radius 1 is 1.17 bits per heavy atom. The summed E-state index contributed by atoms with van der Waals surface area (Å²) in [5, 5.41) is 7.57. The predicted molar refractivity (Wildman–Crippen MR) is 133 cm³/mol. The van der Waals surface area contributed by atoms with Gasteiger partial charge in [-0.05, 0) is 18.9 Å². The Balaban J connectivity index is -0.000000594. The van der Waals surface area contributed by atoms with Crippen LogP contribution in [0.3, 0.4) is 0 Å². The van der Waals surface area contributed by atoms with Gasteiger partial charge in [-0.2, -0.15) is 0 Å². The van der Waals surface area contributed by atoms with Gasteiger partial charge in [-0.1, -0.05) is 67.0 Å². The zero-order chi connectivity index (χ0) is 23.6. The number of thiophene rings is 1. The molecule has 1 saturated carbocycles. The molecule has 0 amide bonds. The number of aliphatic imine (C=N–C) groups is 1. The maximum absolute atomic E-state index is 11.5. The molecule has 0 bridgehead atoms. The van der Waals surface area contributed by atoms with Crippen molar-refractivity contribution in [1.29, 1.82) is 0 Å². The van der Waals surface area contributed by atoms with Crippen LogP contribution in [0.5, 0.6) is 0 Å². The molecule has 1 atom stereocenters. The summed E-state index contributed by atoms with van der Waals surface area (Å²) in [4.78, 5) is 17.5. The summed E-state index contributed by atoms with van der Waals surface area (Å²) >= 11 is 9.39. The van der Waals surface area contributed by atoms with Crippen LogP contribution in [0.1, 0.15) is 88.8 Å². The number of hydrogen-bond acceptors (Lipinski definition) is 7. The molecule has 2 aliphatic rings. The van der Waals surface area contributed by atoms with E-state index in [0.29, 0.717) is 9.90 Å². The zero-order valence-electron chi connectivity index (χ0n) is 19.8. The summed E-state index contributed by atoms with van der Waals surface area (Å²) < 4.78 is 4.81. The highest BCUT2D eigenvalue weighted by molar-refractivity contribution is 8.01. The van der Waals surface area contributed by atoms with E-state index in [0.717, 1.165) is 36.4 Å². The van der Waals surface area contributed by atoms with Crippen molar-refractivity contribution in [1.82, 2.24) is 0 Å². The Morgan fingerprint density at radius 3 is 2.03 bits per heavy atom. The minimum atomic E-state index is -0.364. The second-order valence-electron chi connectivity index (χ2n) is 4.65. The van der Waals surface area contributed by atoms with Crippen molar-refractivity contribution in [2.75, 3.05) is 20.0 Å². The minimum Gasteiger partial charge on any atom is -0.465 e. The SMILES string of the molecule is CC.CC.CC.CC.CO.COC(=O)c1cc(Cl)c(C2CSC3(CC3)C(N)=N2)s1. The van der Waals surface area contributed by atoms with Crippen LogP contribution in [-0.2, 0) is 4.74 Å². The summed E-state index contributed by atoms with van der Waals surface area (Å²) in [6.45, 7) is 16.0. The fourth-order valence-corrected chi connectivity index (χ4v) is 4.93. The lowest BCUT2D eigenvalue weighted by atomic mass is 10.2. The molecule has 1 aromatic heterocycles. The number of rotatable bonds is 2. The molecule has 0 saturated heterocycles. The number of nitrogens with two attached hydrogens (primary N) is 1. The third-order valence-electron chi connectivity index (χ3n) is 3.39. The lowest BCUT2D eigenvalue weighted by Gasteiger charge is -2.24. The molecule has 1 fully saturated rings. The van der Waals surface area contributed by atoms with E-state index in [1.54, 1.807) is 6.07 Å². The average Bonchev–Trinajstić information content (AvgIpc) is 3.50. The van der Waals surface area contributed by atoms with Crippen molar-refractivity contribution in [3.63, 3.8) is 0 Å². The number of amidine groups is 1. The van der Waals surface area contributed by atoms with Crippen LogP contribution in [0.15, 0.2) is 11.1 Å². The van der Waals surface area contributed by atoms with Gasteiger partial charge in [0.1, 0.15) is 10.7 Å². The first-order valence-corrected chi connectivity index (χ1v) is 12.5. The number of aliphatic hydroxyl groups excluding tert-OH is 1. The maximum Gasteiger partial charge on any atom is 0.348 e. The van der Waals surface area contributed by atoms with Crippen molar-refractivity contribution in [3.05, 3.63) is 20.8 Å². The van der Waals surface area contributed by atoms with Crippen LogP contribution in [-0.4, -0.2) is 41.6 Å². The molecule has 3 rings (SSSR count). The monoisotopic (exact) mass is 468 g/mol. The van der Waals surface area contributed by atoms with E-state index in [2.05, 4.69) is 4.99 Å². The van der Waals surface area contributed by atoms with Gasteiger partial charge >= 0.3 is 5.97 Å². The fourth-order valence-electron chi connectivity index (χ4n) is 2.09. The number of aliphatic hydroxyl groups is 1. The van der Waals surface area contributed by atoms with E-state index in [4.69, 9.17) is 27.2 Å². The van der Waals surface area contributed by atoms with Gasteiger partial charge in [0.15, 0.2) is 0 Å². The van der Waals surface area contributed by atoms with Crippen LogP contribution in [0.2, 0.25) is 5.02 Å². The van der Waals surface area contributed by atoms with Gasteiger partial charge in [-0.15, -0.1) is 23.1 Å². The van der Waals surface area contributed by atoms with Gasteiger partial charge in [-0.3, -0.25) is 4.99 Å². The van der Waals surface area contributed by atoms with E-state index < -0.39 is 0 Å². The average molecular weight is 469 g/mol. The summed E-state index contributed by atoms with van der Waals surface area (Å²) in [6, 6.07) is 1.60. The molecule has 3 N–H and O–H groups in total. The first-order chi connectivity index (χ1) is 14.1. The molecule has 1 aliphatic carbocycles. The molecular weight excluding hydrogens is 428 g/mol. The number of nitrogens with zero attached hydrogens (tertiary/aromatic N) is 1. The maximum atomic E-state index is 11.5. The molecular formula is C21H41ClN2O3S2. The number of carbonyl (C=O) groups excluding carboxylic acids is 1. The topological polar surface area (TPSA) is 84.9 Å². The first-order valence-electron chi connectivity index (χ1n) is 10.4. The number of halogens is 1. The van der Waals surface area contributed by atoms with Crippen LogP contribution >= 0.6 is 34.7 Å². The smallest absolute Gasteiger partial charge is 0.348 e. The molecule has 2 heterocycles. The largest absolute Gasteiger partial charge is 0.465 e. The Hall–Kier alpha value is -0.760. The van der Waals surface area contributed by atoms with Gasteiger partial charge in [0.2, 0.25) is 0 Å². The number of esters is 1. The third kappa shape index (κ3) is 9.73. The van der Waals surface area contributed by atoms with E-state index in [1.165, 1.54) is 18.4 Å². The number of thioether (sulfide) groups is 1. The lowest BCUT2D eigenvalue weighted by Crippen LogP contribution is -2.33. The molecule has 1 aromatic rings. The standard InChI is InChI=1S/C12H13ClN2O2S2.4C2H6.CH4O/c1-17-10(16)8-4-6(13)9(19-8)7-5-18-12(2-3-12)11(14)15-7;5*1-2/h4,7H,2-3,5H2,1H3,(H2,14,15);4*1-2H3;2H,1H3. The molecule has 0 radical (unpaired) electrons. The second-order valence-corrected chi connectivity index (χ2v) is 7.54. The molecule has 29 heavy (non-hydrogen) atoms. The van der Waals surface area contributed by atoms with Crippen LogP contribution < -0.4 is 5.73 Å². The van der Waals surface area contributed by atoms with Gasteiger partial charge in [-0.25, -0.2) is 4.79 Å². The molecule has 1 aliphatic heterocycles. The van der Waals surface area contributed by atoms with E-state index in [1.807, 2.05) is 67.2 Å². The minimum absolute atomic E-state index is 0.0490. The molecule has 0 aromatic carbocycles. The second kappa shape index (κ2) is 19.2. The van der Waals surface area contributed by atoms with Gasteiger partial charge < -0.3 is 15.6 Å². The summed E-state index contributed by atoms with van der Waals surface area (Å²) in [7, 11) is 2.36. The Bertz CT molecular complexity index is 574. The molecule has 8 heteroatoms. The van der Waals surface area contributed by atoms with Gasteiger partial charge in [0.05, 0.1) is 22.9 Å². The van der Waals surface area contributed by atoms with Crippen LogP contribution in [0, 0.1) is 0 Å². The lowest BCUT2D eigenvalue weighted by molar-refractivity contribution is 0.0606. The van der Waals surface area contributed by atoms with Crippen molar-refractivity contribution >= 4 is 46.5 Å². The number of ether oxygens (including phenoxy) is 1. The number of carbonyl (C=O) groups is 1. The molecule has 172 valence electrons. The van der Waals surface area contributed by atoms with Gasteiger partial charge in [0.25, 0.3) is 0 Å². The van der Waals surface area contributed by atoms with E-state index in [-0.39, 0.29) is 16.8 Å². The van der Waals surface area contributed by atoms with E-state index in [9.17, 15) is 4.79 Å². The predicted octanol–water partition coefficient (Wildman–Crippen LogP) is 6.58. The molecule has 5 nitrogen and oxygen atoms in total. The Labute approximate surface area is 191 Å². The normalized spacial score (nSPS) is 16.8. The van der Waals surface area contributed by atoms with E-state index >= 15 is 0 Å². The van der Waals surface area contributed by atoms with Crippen molar-refractivity contribution in [2.24, 2.45) is 10.7 Å². The number of hydrogen-bond donors (Lipinski definition) is 2. The van der Waals surface area contributed by atoms with Crippen molar-refractivity contribution < 1.29 is 14.6 Å². The molecule has 1 unspecified atom stereocenters. The summed E-state index contributed by atoms with van der Waals surface area (Å²) in [6.07, 6.45) is 2.23. The van der Waals surface area contributed by atoms with Crippen molar-refractivity contribution in [3.8, 4) is 0 Å². The zero-order valence-corrected chi connectivity index (χ0v) is 22.1. The van der Waals surface area contributed by atoms with Crippen molar-refractivity contribution in [2.45, 2.75) is 79.0 Å². The molecule has 1 spiro atoms. The van der Waals surface area contributed by atoms with Crippen LogP contribution in [0.25, 0.3) is 0 Å². The third-order valence-corrected chi connectivity index (χ3v) is 6.68. The summed E-state index contributed by atoms with van der Waals surface area (Å²) in [5.74, 6) is 1.22.